The van der Waals surface area contributed by atoms with Gasteiger partial charge in [-0.3, -0.25) is 0 Å². The number of halogens is 3. The van der Waals surface area contributed by atoms with E-state index in [-0.39, 0.29) is 18.8 Å². The summed E-state index contributed by atoms with van der Waals surface area (Å²) in [6.07, 6.45) is -2.86. The fourth-order valence-corrected chi connectivity index (χ4v) is 2.13. The Balaban J connectivity index is 2.33. The molecule has 0 bridgehead atoms. The van der Waals surface area contributed by atoms with Crippen LogP contribution in [0.25, 0.3) is 0 Å². The Hall–Kier alpha value is -0.290. The SMILES string of the molecule is CCCNCC1CCC(O)(C(F)(F)F)CC1. The van der Waals surface area contributed by atoms with Gasteiger partial charge in [-0.15, -0.1) is 0 Å². The highest BCUT2D eigenvalue weighted by Gasteiger charge is 2.54. The van der Waals surface area contributed by atoms with Gasteiger partial charge >= 0.3 is 6.18 Å². The molecule has 0 amide bonds. The van der Waals surface area contributed by atoms with Crippen molar-refractivity contribution >= 4 is 0 Å². The molecule has 0 radical (unpaired) electrons. The summed E-state index contributed by atoms with van der Waals surface area (Å²) in [4.78, 5) is 0. The van der Waals surface area contributed by atoms with E-state index >= 15 is 0 Å². The standard InChI is InChI=1S/C11H20F3NO/c1-2-7-15-8-9-3-5-10(16,6-4-9)11(12,13)14/h9,15-16H,2-8H2,1H3. The molecule has 0 aliphatic heterocycles. The molecule has 0 atom stereocenters. The lowest BCUT2D eigenvalue weighted by molar-refractivity contribution is -0.271. The molecule has 5 heteroatoms. The number of alkyl halides is 3. The molecule has 0 saturated heterocycles. The Morgan fingerprint density at radius 3 is 2.31 bits per heavy atom. The van der Waals surface area contributed by atoms with Crippen LogP contribution in [0.5, 0.6) is 0 Å². The zero-order valence-electron chi connectivity index (χ0n) is 9.61. The summed E-state index contributed by atoms with van der Waals surface area (Å²) >= 11 is 0. The van der Waals surface area contributed by atoms with Crippen LogP contribution in [0.15, 0.2) is 0 Å². The molecule has 0 unspecified atom stereocenters. The van der Waals surface area contributed by atoms with E-state index in [2.05, 4.69) is 12.2 Å². The molecule has 0 aromatic rings. The van der Waals surface area contributed by atoms with Crippen molar-refractivity contribution in [1.82, 2.24) is 5.32 Å². The van der Waals surface area contributed by atoms with Crippen molar-refractivity contribution in [2.45, 2.75) is 50.8 Å². The third kappa shape index (κ3) is 3.35. The topological polar surface area (TPSA) is 32.3 Å². The largest absolute Gasteiger partial charge is 0.417 e. The summed E-state index contributed by atoms with van der Waals surface area (Å²) in [5.74, 6) is 0.272. The molecule has 96 valence electrons. The Kier molecular flexibility index (Phi) is 4.62. The Morgan fingerprint density at radius 2 is 1.88 bits per heavy atom. The first-order valence-electron chi connectivity index (χ1n) is 5.89. The maximum absolute atomic E-state index is 12.5. The van der Waals surface area contributed by atoms with Crippen molar-refractivity contribution in [3.8, 4) is 0 Å². The maximum atomic E-state index is 12.5. The molecule has 16 heavy (non-hydrogen) atoms. The fourth-order valence-electron chi connectivity index (χ4n) is 2.13. The number of rotatable bonds is 4. The van der Waals surface area contributed by atoms with Crippen molar-refractivity contribution in [3.63, 3.8) is 0 Å². The lowest BCUT2D eigenvalue weighted by Crippen LogP contribution is -2.48. The van der Waals surface area contributed by atoms with Gasteiger partial charge in [0.05, 0.1) is 0 Å². The molecule has 0 heterocycles. The Labute approximate surface area is 94.2 Å². The Bertz CT molecular complexity index is 210. The zero-order chi connectivity index (χ0) is 12.2. The molecule has 1 fully saturated rings. The summed E-state index contributed by atoms with van der Waals surface area (Å²) in [5.41, 5.74) is -2.44. The van der Waals surface area contributed by atoms with Gasteiger partial charge in [-0.1, -0.05) is 6.92 Å². The van der Waals surface area contributed by atoms with Crippen molar-refractivity contribution in [1.29, 1.82) is 0 Å². The second-order valence-corrected chi connectivity index (χ2v) is 4.68. The number of nitrogens with one attached hydrogen (secondary N) is 1. The van der Waals surface area contributed by atoms with Gasteiger partial charge < -0.3 is 10.4 Å². The number of hydrogen-bond donors (Lipinski definition) is 2. The van der Waals surface area contributed by atoms with Gasteiger partial charge in [0.25, 0.3) is 0 Å². The first-order valence-corrected chi connectivity index (χ1v) is 5.89. The van der Waals surface area contributed by atoms with Crippen LogP contribution in [0, 0.1) is 5.92 Å². The summed E-state index contributed by atoms with van der Waals surface area (Å²) in [6, 6.07) is 0. The average molecular weight is 239 g/mol. The van der Waals surface area contributed by atoms with Crippen molar-refractivity contribution in [2.75, 3.05) is 13.1 Å². The smallest absolute Gasteiger partial charge is 0.380 e. The van der Waals surface area contributed by atoms with Crippen LogP contribution in [0.4, 0.5) is 13.2 Å². The van der Waals surface area contributed by atoms with Crippen LogP contribution < -0.4 is 5.32 Å². The van der Waals surface area contributed by atoms with Gasteiger partial charge in [0, 0.05) is 0 Å². The molecule has 2 nitrogen and oxygen atoms in total. The maximum Gasteiger partial charge on any atom is 0.417 e. The normalized spacial score (nSPS) is 31.7. The van der Waals surface area contributed by atoms with E-state index < -0.39 is 11.8 Å². The highest BCUT2D eigenvalue weighted by Crippen LogP contribution is 2.42. The van der Waals surface area contributed by atoms with Crippen molar-refractivity contribution in [3.05, 3.63) is 0 Å². The second-order valence-electron chi connectivity index (χ2n) is 4.68. The highest BCUT2D eigenvalue weighted by molar-refractivity contribution is 4.91. The molecular formula is C11H20F3NO. The van der Waals surface area contributed by atoms with E-state index in [1.807, 2.05) is 0 Å². The molecule has 0 aromatic carbocycles. The van der Waals surface area contributed by atoms with Gasteiger partial charge in [-0.25, -0.2) is 0 Å². The van der Waals surface area contributed by atoms with E-state index in [1.165, 1.54) is 0 Å². The summed E-state index contributed by atoms with van der Waals surface area (Å²) in [7, 11) is 0. The van der Waals surface area contributed by atoms with Crippen molar-refractivity contribution < 1.29 is 18.3 Å². The molecule has 0 aromatic heterocycles. The Morgan fingerprint density at radius 1 is 1.31 bits per heavy atom. The molecule has 2 N–H and O–H groups in total. The minimum absolute atomic E-state index is 0.158. The molecular weight excluding hydrogens is 219 g/mol. The summed E-state index contributed by atoms with van der Waals surface area (Å²) in [6.45, 7) is 3.72. The lowest BCUT2D eigenvalue weighted by Gasteiger charge is -2.37. The first kappa shape index (κ1) is 13.8. The van der Waals surface area contributed by atoms with Crippen LogP contribution in [0.2, 0.25) is 0 Å². The summed E-state index contributed by atoms with van der Waals surface area (Å²) in [5, 5.41) is 12.7. The van der Waals surface area contributed by atoms with Gasteiger partial charge in [0.2, 0.25) is 0 Å². The van der Waals surface area contributed by atoms with Crippen LogP contribution in [0.3, 0.4) is 0 Å². The third-order valence-electron chi connectivity index (χ3n) is 3.32. The first-order chi connectivity index (χ1) is 7.39. The molecule has 1 aliphatic rings. The van der Waals surface area contributed by atoms with Crippen molar-refractivity contribution in [2.24, 2.45) is 5.92 Å². The fraction of sp³-hybridized carbons (Fsp3) is 1.00. The number of hydrogen-bond acceptors (Lipinski definition) is 2. The number of aliphatic hydroxyl groups is 1. The van der Waals surface area contributed by atoms with Crippen LogP contribution in [-0.2, 0) is 0 Å². The third-order valence-corrected chi connectivity index (χ3v) is 3.32. The second kappa shape index (κ2) is 5.36. The van der Waals surface area contributed by atoms with E-state index in [1.54, 1.807) is 0 Å². The molecule has 1 rings (SSSR count). The van der Waals surface area contributed by atoms with Gasteiger partial charge in [-0.2, -0.15) is 13.2 Å². The van der Waals surface area contributed by atoms with Gasteiger partial charge in [-0.05, 0) is 51.1 Å². The molecule has 0 spiro atoms. The monoisotopic (exact) mass is 239 g/mol. The predicted molar refractivity (Wildman–Crippen MR) is 56.1 cm³/mol. The van der Waals surface area contributed by atoms with E-state index in [9.17, 15) is 18.3 Å². The minimum atomic E-state index is -4.48. The lowest BCUT2D eigenvalue weighted by atomic mass is 9.78. The van der Waals surface area contributed by atoms with Crippen LogP contribution in [-0.4, -0.2) is 30.0 Å². The highest BCUT2D eigenvalue weighted by atomic mass is 19.4. The molecule has 1 aliphatic carbocycles. The quantitative estimate of drug-likeness (QED) is 0.739. The average Bonchev–Trinajstić information content (AvgIpc) is 2.20. The minimum Gasteiger partial charge on any atom is -0.380 e. The van der Waals surface area contributed by atoms with Crippen LogP contribution in [0.1, 0.15) is 39.0 Å². The van der Waals surface area contributed by atoms with E-state index in [0.29, 0.717) is 12.8 Å². The molecule has 1 saturated carbocycles. The zero-order valence-corrected chi connectivity index (χ0v) is 9.61. The summed E-state index contributed by atoms with van der Waals surface area (Å²) < 4.78 is 37.5. The van der Waals surface area contributed by atoms with Gasteiger partial charge in [0.1, 0.15) is 0 Å². The van der Waals surface area contributed by atoms with E-state index in [0.717, 1.165) is 19.5 Å². The van der Waals surface area contributed by atoms with Crippen LogP contribution >= 0.6 is 0 Å². The van der Waals surface area contributed by atoms with E-state index in [4.69, 9.17) is 0 Å². The van der Waals surface area contributed by atoms with Gasteiger partial charge in [0.15, 0.2) is 5.60 Å². The predicted octanol–water partition coefficient (Wildman–Crippen LogP) is 2.47.